The third-order valence-electron chi connectivity index (χ3n) is 2.89. The SMILES string of the molecule is COC(C)C(Cc1cc(C)cc(C)c1)NN. The van der Waals surface area contributed by atoms with Crippen LogP contribution in [-0.4, -0.2) is 19.3 Å². The van der Waals surface area contributed by atoms with E-state index in [0.717, 1.165) is 6.42 Å². The van der Waals surface area contributed by atoms with Gasteiger partial charge in [-0.1, -0.05) is 29.3 Å². The molecule has 1 aromatic carbocycles. The fourth-order valence-electron chi connectivity index (χ4n) is 1.97. The molecule has 90 valence electrons. The van der Waals surface area contributed by atoms with E-state index in [9.17, 15) is 0 Å². The Labute approximate surface area is 98.0 Å². The lowest BCUT2D eigenvalue weighted by Gasteiger charge is -2.22. The fraction of sp³-hybridized carbons (Fsp3) is 0.538. The summed E-state index contributed by atoms with van der Waals surface area (Å²) in [6.07, 6.45) is 0.986. The zero-order chi connectivity index (χ0) is 12.1. The van der Waals surface area contributed by atoms with Gasteiger partial charge in [-0.15, -0.1) is 0 Å². The standard InChI is InChI=1S/C13H22N2O/c1-9-5-10(2)7-12(6-9)8-13(15-14)11(3)16-4/h5-7,11,13,15H,8,14H2,1-4H3. The average Bonchev–Trinajstić information content (AvgIpc) is 2.23. The van der Waals surface area contributed by atoms with Gasteiger partial charge in [0.1, 0.15) is 0 Å². The first-order valence-electron chi connectivity index (χ1n) is 5.63. The van der Waals surface area contributed by atoms with Crippen molar-refractivity contribution in [3.8, 4) is 0 Å². The van der Waals surface area contributed by atoms with Gasteiger partial charge >= 0.3 is 0 Å². The zero-order valence-electron chi connectivity index (χ0n) is 10.6. The highest BCUT2D eigenvalue weighted by Gasteiger charge is 2.15. The van der Waals surface area contributed by atoms with Crippen LogP contribution in [0.25, 0.3) is 0 Å². The van der Waals surface area contributed by atoms with Gasteiger partial charge in [-0.2, -0.15) is 0 Å². The fourth-order valence-corrected chi connectivity index (χ4v) is 1.97. The number of methoxy groups -OCH3 is 1. The van der Waals surface area contributed by atoms with E-state index in [-0.39, 0.29) is 12.1 Å². The summed E-state index contributed by atoms with van der Waals surface area (Å²) < 4.78 is 5.29. The molecular weight excluding hydrogens is 200 g/mol. The summed E-state index contributed by atoms with van der Waals surface area (Å²) >= 11 is 0. The Balaban J connectivity index is 2.77. The van der Waals surface area contributed by atoms with Crippen LogP contribution in [0, 0.1) is 13.8 Å². The summed E-state index contributed by atoms with van der Waals surface area (Å²) in [6, 6.07) is 6.71. The normalized spacial score (nSPS) is 14.8. The second kappa shape index (κ2) is 5.99. The summed E-state index contributed by atoms with van der Waals surface area (Å²) in [5.74, 6) is 5.54. The molecule has 3 heteroatoms. The molecule has 0 radical (unpaired) electrons. The number of ether oxygens (including phenoxy) is 1. The lowest BCUT2D eigenvalue weighted by atomic mass is 9.99. The molecule has 2 unspecified atom stereocenters. The number of rotatable bonds is 5. The summed E-state index contributed by atoms with van der Waals surface area (Å²) in [4.78, 5) is 0. The van der Waals surface area contributed by atoms with Gasteiger partial charge in [-0.3, -0.25) is 11.3 Å². The Hall–Kier alpha value is -0.900. The number of hydrazine groups is 1. The van der Waals surface area contributed by atoms with E-state index in [1.165, 1.54) is 16.7 Å². The smallest absolute Gasteiger partial charge is 0.0712 e. The molecule has 2 atom stereocenters. The Morgan fingerprint density at radius 1 is 1.25 bits per heavy atom. The Kier molecular flexibility index (Phi) is 4.93. The van der Waals surface area contributed by atoms with Crippen molar-refractivity contribution in [1.29, 1.82) is 0 Å². The highest BCUT2D eigenvalue weighted by molar-refractivity contribution is 5.29. The predicted molar refractivity (Wildman–Crippen MR) is 67.2 cm³/mol. The van der Waals surface area contributed by atoms with E-state index >= 15 is 0 Å². The Bertz CT molecular complexity index is 318. The van der Waals surface area contributed by atoms with Crippen molar-refractivity contribution in [2.24, 2.45) is 5.84 Å². The second-order valence-corrected chi connectivity index (χ2v) is 4.41. The van der Waals surface area contributed by atoms with Crippen LogP contribution in [0.3, 0.4) is 0 Å². The molecule has 0 aliphatic carbocycles. The molecule has 0 amide bonds. The number of nitrogens with one attached hydrogen (secondary N) is 1. The summed E-state index contributed by atoms with van der Waals surface area (Å²) in [7, 11) is 1.70. The molecule has 16 heavy (non-hydrogen) atoms. The van der Waals surface area contributed by atoms with E-state index < -0.39 is 0 Å². The van der Waals surface area contributed by atoms with E-state index in [1.54, 1.807) is 7.11 Å². The van der Waals surface area contributed by atoms with E-state index in [0.29, 0.717) is 0 Å². The molecule has 1 aromatic rings. The predicted octanol–water partition coefficient (Wildman–Crippen LogP) is 1.71. The minimum atomic E-state index is 0.103. The highest BCUT2D eigenvalue weighted by Crippen LogP contribution is 2.12. The first kappa shape index (κ1) is 13.2. The Morgan fingerprint density at radius 2 is 1.81 bits per heavy atom. The summed E-state index contributed by atoms with van der Waals surface area (Å²) in [5, 5.41) is 0. The molecule has 0 aliphatic rings. The van der Waals surface area contributed by atoms with Crippen molar-refractivity contribution in [1.82, 2.24) is 5.43 Å². The molecule has 0 saturated heterocycles. The molecule has 0 fully saturated rings. The minimum Gasteiger partial charge on any atom is -0.380 e. The first-order valence-corrected chi connectivity index (χ1v) is 5.63. The molecular formula is C13H22N2O. The maximum Gasteiger partial charge on any atom is 0.0712 e. The number of nitrogens with two attached hydrogens (primary N) is 1. The van der Waals surface area contributed by atoms with E-state index in [4.69, 9.17) is 10.6 Å². The van der Waals surface area contributed by atoms with Crippen LogP contribution in [0.2, 0.25) is 0 Å². The molecule has 0 aromatic heterocycles. The third-order valence-corrected chi connectivity index (χ3v) is 2.89. The van der Waals surface area contributed by atoms with Gasteiger partial charge in [0.15, 0.2) is 0 Å². The van der Waals surface area contributed by atoms with Gasteiger partial charge in [0.25, 0.3) is 0 Å². The molecule has 3 nitrogen and oxygen atoms in total. The Morgan fingerprint density at radius 3 is 2.25 bits per heavy atom. The molecule has 0 bridgehead atoms. The summed E-state index contributed by atoms with van der Waals surface area (Å²) in [5.41, 5.74) is 6.69. The molecule has 0 spiro atoms. The quantitative estimate of drug-likeness (QED) is 0.589. The minimum absolute atomic E-state index is 0.103. The number of aryl methyl sites for hydroxylation is 2. The third kappa shape index (κ3) is 3.59. The molecule has 3 N–H and O–H groups in total. The summed E-state index contributed by atoms with van der Waals surface area (Å²) in [6.45, 7) is 6.25. The van der Waals surface area contributed by atoms with Crippen LogP contribution in [0.1, 0.15) is 23.6 Å². The lowest BCUT2D eigenvalue weighted by Crippen LogP contribution is -2.45. The van der Waals surface area contributed by atoms with Crippen LogP contribution in [0.15, 0.2) is 18.2 Å². The van der Waals surface area contributed by atoms with Gasteiger partial charge in [0.2, 0.25) is 0 Å². The van der Waals surface area contributed by atoms with Crippen molar-refractivity contribution in [2.75, 3.05) is 7.11 Å². The van der Waals surface area contributed by atoms with Crippen molar-refractivity contribution < 1.29 is 4.74 Å². The zero-order valence-corrected chi connectivity index (χ0v) is 10.6. The average molecular weight is 222 g/mol. The lowest BCUT2D eigenvalue weighted by molar-refractivity contribution is 0.0831. The van der Waals surface area contributed by atoms with Crippen LogP contribution in [-0.2, 0) is 11.2 Å². The monoisotopic (exact) mass is 222 g/mol. The van der Waals surface area contributed by atoms with Crippen molar-refractivity contribution in [2.45, 2.75) is 39.3 Å². The number of hydrogen-bond acceptors (Lipinski definition) is 3. The van der Waals surface area contributed by atoms with Crippen molar-refractivity contribution >= 4 is 0 Å². The largest absolute Gasteiger partial charge is 0.380 e. The van der Waals surface area contributed by atoms with Gasteiger partial charge in [-0.05, 0) is 32.8 Å². The molecule has 0 aliphatic heterocycles. The topological polar surface area (TPSA) is 47.3 Å². The maximum atomic E-state index is 5.54. The molecule has 0 heterocycles. The van der Waals surface area contributed by atoms with Gasteiger partial charge in [0, 0.05) is 7.11 Å². The molecule has 1 rings (SSSR count). The maximum absolute atomic E-state index is 5.54. The van der Waals surface area contributed by atoms with Crippen LogP contribution < -0.4 is 11.3 Å². The number of hydrogen-bond donors (Lipinski definition) is 2. The van der Waals surface area contributed by atoms with Gasteiger partial charge < -0.3 is 4.74 Å². The number of benzene rings is 1. The second-order valence-electron chi connectivity index (χ2n) is 4.41. The van der Waals surface area contributed by atoms with E-state index in [2.05, 4.69) is 37.5 Å². The van der Waals surface area contributed by atoms with Crippen LogP contribution in [0.4, 0.5) is 0 Å². The molecule has 0 saturated carbocycles. The first-order chi connectivity index (χ1) is 7.56. The van der Waals surface area contributed by atoms with Crippen LogP contribution >= 0.6 is 0 Å². The van der Waals surface area contributed by atoms with Crippen LogP contribution in [0.5, 0.6) is 0 Å². The highest BCUT2D eigenvalue weighted by atomic mass is 16.5. The van der Waals surface area contributed by atoms with E-state index in [1.807, 2.05) is 6.92 Å². The van der Waals surface area contributed by atoms with Crippen molar-refractivity contribution in [3.63, 3.8) is 0 Å². The van der Waals surface area contributed by atoms with Crippen molar-refractivity contribution in [3.05, 3.63) is 34.9 Å². The van der Waals surface area contributed by atoms with Gasteiger partial charge in [-0.25, -0.2) is 0 Å². The van der Waals surface area contributed by atoms with Gasteiger partial charge in [0.05, 0.1) is 12.1 Å².